The maximum Gasteiger partial charge on any atom is 0.173 e. The number of aromatic nitrogens is 2. The predicted molar refractivity (Wildman–Crippen MR) is 104 cm³/mol. The molecular formula is C18H19ClN4OS. The van der Waals surface area contributed by atoms with Crippen LogP contribution in [0.25, 0.3) is 21.6 Å². The van der Waals surface area contributed by atoms with Crippen molar-refractivity contribution in [3.05, 3.63) is 40.7 Å². The van der Waals surface area contributed by atoms with Crippen LogP contribution in [0.5, 0.6) is 0 Å². The molecule has 0 radical (unpaired) electrons. The Morgan fingerprint density at radius 3 is 2.80 bits per heavy atom. The molecule has 0 atom stereocenters. The first-order valence-electron chi connectivity index (χ1n) is 8.35. The minimum atomic E-state index is 0.674. The monoisotopic (exact) mass is 374 g/mol. The zero-order valence-corrected chi connectivity index (χ0v) is 15.3. The molecule has 5 nitrogen and oxygen atoms in total. The van der Waals surface area contributed by atoms with Gasteiger partial charge in [0.1, 0.15) is 5.82 Å². The fourth-order valence-electron chi connectivity index (χ4n) is 2.92. The van der Waals surface area contributed by atoms with Gasteiger partial charge in [0.25, 0.3) is 0 Å². The van der Waals surface area contributed by atoms with Crippen molar-refractivity contribution in [1.82, 2.24) is 14.9 Å². The molecule has 0 unspecified atom stereocenters. The number of anilines is 1. The van der Waals surface area contributed by atoms with Crippen molar-refractivity contribution in [3.8, 4) is 10.7 Å². The minimum absolute atomic E-state index is 0.674. The summed E-state index contributed by atoms with van der Waals surface area (Å²) in [5.74, 6) is 1.53. The number of para-hydroxylation sites is 1. The molecule has 1 fully saturated rings. The van der Waals surface area contributed by atoms with Crippen LogP contribution in [0.15, 0.2) is 35.7 Å². The van der Waals surface area contributed by atoms with Crippen LogP contribution in [0.2, 0.25) is 5.02 Å². The number of hydrogen-bond donors (Lipinski definition) is 1. The van der Waals surface area contributed by atoms with Crippen LogP contribution in [0, 0.1) is 0 Å². The van der Waals surface area contributed by atoms with Gasteiger partial charge in [-0.05, 0) is 23.6 Å². The van der Waals surface area contributed by atoms with Gasteiger partial charge >= 0.3 is 0 Å². The Kier molecular flexibility index (Phi) is 5.12. The highest BCUT2D eigenvalue weighted by atomic mass is 35.5. The summed E-state index contributed by atoms with van der Waals surface area (Å²) in [5, 5.41) is 7.17. The first-order valence-corrected chi connectivity index (χ1v) is 9.61. The van der Waals surface area contributed by atoms with E-state index >= 15 is 0 Å². The summed E-state index contributed by atoms with van der Waals surface area (Å²) in [6, 6.07) is 9.94. The molecule has 0 aliphatic carbocycles. The molecule has 0 spiro atoms. The van der Waals surface area contributed by atoms with Crippen molar-refractivity contribution in [2.45, 2.75) is 0 Å². The summed E-state index contributed by atoms with van der Waals surface area (Å²) in [6.45, 7) is 5.41. The van der Waals surface area contributed by atoms with Crippen LogP contribution in [-0.2, 0) is 4.74 Å². The van der Waals surface area contributed by atoms with E-state index in [4.69, 9.17) is 21.3 Å². The van der Waals surface area contributed by atoms with E-state index in [1.807, 2.05) is 35.7 Å². The molecule has 1 aliphatic heterocycles. The normalized spacial score (nSPS) is 15.6. The summed E-state index contributed by atoms with van der Waals surface area (Å²) in [4.78, 5) is 12.7. The van der Waals surface area contributed by atoms with E-state index in [-0.39, 0.29) is 0 Å². The zero-order valence-electron chi connectivity index (χ0n) is 13.7. The Morgan fingerprint density at radius 1 is 1.16 bits per heavy atom. The van der Waals surface area contributed by atoms with Crippen molar-refractivity contribution in [1.29, 1.82) is 0 Å². The topological polar surface area (TPSA) is 50.3 Å². The molecule has 25 heavy (non-hydrogen) atoms. The Balaban J connectivity index is 1.59. The van der Waals surface area contributed by atoms with Gasteiger partial charge in [-0.15, -0.1) is 11.3 Å². The van der Waals surface area contributed by atoms with Gasteiger partial charge < -0.3 is 10.1 Å². The highest BCUT2D eigenvalue weighted by Crippen LogP contribution is 2.33. The number of rotatable bonds is 5. The summed E-state index contributed by atoms with van der Waals surface area (Å²) in [5.41, 5.74) is 0.922. The van der Waals surface area contributed by atoms with Gasteiger partial charge in [0.05, 0.1) is 28.6 Å². The van der Waals surface area contributed by atoms with E-state index in [1.165, 1.54) is 0 Å². The van der Waals surface area contributed by atoms with Gasteiger partial charge in [-0.25, -0.2) is 9.97 Å². The number of ether oxygens (including phenoxy) is 1. The second-order valence-electron chi connectivity index (χ2n) is 5.89. The van der Waals surface area contributed by atoms with E-state index in [0.717, 1.165) is 61.0 Å². The van der Waals surface area contributed by atoms with Gasteiger partial charge in [-0.1, -0.05) is 23.7 Å². The van der Waals surface area contributed by atoms with E-state index in [9.17, 15) is 0 Å². The van der Waals surface area contributed by atoms with Gasteiger partial charge in [0.2, 0.25) is 0 Å². The molecule has 1 aromatic carbocycles. The molecule has 130 valence electrons. The molecule has 7 heteroatoms. The average Bonchev–Trinajstić information content (AvgIpc) is 3.08. The quantitative estimate of drug-likeness (QED) is 0.737. The fourth-order valence-corrected chi connectivity index (χ4v) is 4.00. The van der Waals surface area contributed by atoms with E-state index < -0.39 is 0 Å². The van der Waals surface area contributed by atoms with Crippen LogP contribution in [0.1, 0.15) is 0 Å². The summed E-state index contributed by atoms with van der Waals surface area (Å²) in [7, 11) is 0. The summed E-state index contributed by atoms with van der Waals surface area (Å²) < 4.78 is 5.40. The molecule has 4 rings (SSSR count). The molecule has 0 bridgehead atoms. The molecule has 2 aromatic heterocycles. The number of benzene rings is 1. The van der Waals surface area contributed by atoms with Gasteiger partial charge in [0.15, 0.2) is 5.82 Å². The van der Waals surface area contributed by atoms with Gasteiger partial charge in [0, 0.05) is 31.6 Å². The molecule has 1 aliphatic rings. The molecule has 3 heterocycles. The number of fused-ring (bicyclic) bond motifs is 1. The fraction of sp³-hybridized carbons (Fsp3) is 0.333. The van der Waals surface area contributed by atoms with Crippen molar-refractivity contribution in [2.75, 3.05) is 44.7 Å². The second-order valence-corrected chi connectivity index (χ2v) is 7.21. The van der Waals surface area contributed by atoms with Crippen molar-refractivity contribution >= 4 is 39.7 Å². The standard InChI is InChI=1S/C18H19ClN4OS/c19-14-5-12-25-16(14)18-21-15-4-2-1-3-13(15)17(22-18)20-6-7-23-8-10-24-11-9-23/h1-5,12H,6-11H2,(H,20,21,22). The SMILES string of the molecule is Clc1ccsc1-c1nc(NCCN2CCOCC2)c2ccccc2n1. The van der Waals surface area contributed by atoms with E-state index in [1.54, 1.807) is 11.3 Å². The van der Waals surface area contributed by atoms with Gasteiger partial charge in [-0.2, -0.15) is 0 Å². The Hall–Kier alpha value is -1.73. The lowest BCUT2D eigenvalue weighted by Gasteiger charge is -2.26. The third-order valence-corrected chi connectivity index (χ3v) is 5.59. The second kappa shape index (κ2) is 7.66. The lowest BCUT2D eigenvalue weighted by molar-refractivity contribution is 0.0398. The van der Waals surface area contributed by atoms with Crippen LogP contribution < -0.4 is 5.32 Å². The van der Waals surface area contributed by atoms with Crippen LogP contribution in [-0.4, -0.2) is 54.3 Å². The number of thiophene rings is 1. The minimum Gasteiger partial charge on any atom is -0.379 e. The summed E-state index contributed by atoms with van der Waals surface area (Å²) >= 11 is 7.83. The first-order chi connectivity index (χ1) is 12.3. The van der Waals surface area contributed by atoms with Crippen molar-refractivity contribution in [2.24, 2.45) is 0 Å². The number of hydrogen-bond acceptors (Lipinski definition) is 6. The Labute approximate surface area is 155 Å². The van der Waals surface area contributed by atoms with Crippen LogP contribution in [0.4, 0.5) is 5.82 Å². The third kappa shape index (κ3) is 3.77. The van der Waals surface area contributed by atoms with E-state index in [0.29, 0.717) is 10.8 Å². The number of morpholine rings is 1. The van der Waals surface area contributed by atoms with Crippen molar-refractivity contribution in [3.63, 3.8) is 0 Å². The maximum absolute atomic E-state index is 6.28. The molecule has 1 N–H and O–H groups in total. The van der Waals surface area contributed by atoms with Crippen LogP contribution >= 0.6 is 22.9 Å². The highest BCUT2D eigenvalue weighted by Gasteiger charge is 2.14. The molecule has 1 saturated heterocycles. The average molecular weight is 375 g/mol. The summed E-state index contributed by atoms with van der Waals surface area (Å²) in [6.07, 6.45) is 0. The lowest BCUT2D eigenvalue weighted by Crippen LogP contribution is -2.39. The predicted octanol–water partition coefficient (Wildman–Crippen LogP) is 3.76. The number of nitrogens with one attached hydrogen (secondary N) is 1. The smallest absolute Gasteiger partial charge is 0.173 e. The Morgan fingerprint density at radius 2 is 2.00 bits per heavy atom. The lowest BCUT2D eigenvalue weighted by atomic mass is 10.2. The van der Waals surface area contributed by atoms with Crippen molar-refractivity contribution < 1.29 is 4.74 Å². The maximum atomic E-state index is 6.28. The molecular weight excluding hydrogens is 356 g/mol. The van der Waals surface area contributed by atoms with Crippen LogP contribution in [0.3, 0.4) is 0 Å². The third-order valence-electron chi connectivity index (χ3n) is 4.25. The Bertz CT molecular complexity index is 863. The van der Waals surface area contributed by atoms with Gasteiger partial charge in [-0.3, -0.25) is 4.90 Å². The number of halogens is 1. The largest absolute Gasteiger partial charge is 0.379 e. The van der Waals surface area contributed by atoms with E-state index in [2.05, 4.69) is 15.2 Å². The molecule has 0 amide bonds. The highest BCUT2D eigenvalue weighted by molar-refractivity contribution is 7.14. The zero-order chi connectivity index (χ0) is 17.1. The first kappa shape index (κ1) is 16.7. The number of nitrogens with zero attached hydrogens (tertiary/aromatic N) is 3. The molecule has 0 saturated carbocycles. The molecule has 3 aromatic rings.